The van der Waals surface area contributed by atoms with Gasteiger partial charge in [0, 0.05) is 10.2 Å². The molecule has 0 bridgehead atoms. The zero-order valence-corrected chi connectivity index (χ0v) is 10.3. The maximum atomic E-state index is 5.46. The summed E-state index contributed by atoms with van der Waals surface area (Å²) < 4.78 is 1.06. The highest BCUT2D eigenvalue weighted by Crippen LogP contribution is 2.22. The molecule has 1 aromatic heterocycles. The smallest absolute Gasteiger partial charge is 0.149 e. The van der Waals surface area contributed by atoms with Crippen LogP contribution in [0.3, 0.4) is 0 Å². The molecule has 0 saturated heterocycles. The van der Waals surface area contributed by atoms with E-state index >= 15 is 0 Å². The van der Waals surface area contributed by atoms with Gasteiger partial charge in [0.1, 0.15) is 11.6 Å². The normalized spacial score (nSPS) is 10.1. The molecule has 2 rings (SSSR count). The number of anilines is 3. The maximum Gasteiger partial charge on any atom is 0.149 e. The number of nitrogens with one attached hydrogen (secondary N) is 1. The molecular formula is C11H11BrN4. The van der Waals surface area contributed by atoms with Crippen molar-refractivity contribution in [1.29, 1.82) is 0 Å². The average molecular weight is 279 g/mol. The standard InChI is InChI=1S/C11H11BrN4/c1-7-2-3-8(4-9(7)12)16-11-6-14-10(13)5-15-11/h2-6H,1H3,(H2,13,14)(H,15,16). The Bertz CT molecular complexity index is 496. The van der Waals surface area contributed by atoms with Crippen molar-refractivity contribution in [1.82, 2.24) is 9.97 Å². The van der Waals surface area contributed by atoms with E-state index in [2.05, 4.69) is 31.2 Å². The summed E-state index contributed by atoms with van der Waals surface area (Å²) in [7, 11) is 0. The fourth-order valence-corrected chi connectivity index (χ4v) is 1.60. The molecule has 3 N–H and O–H groups in total. The minimum Gasteiger partial charge on any atom is -0.382 e. The number of rotatable bonds is 2. The molecule has 0 saturated carbocycles. The van der Waals surface area contributed by atoms with Crippen LogP contribution in [0.25, 0.3) is 0 Å². The molecule has 0 unspecified atom stereocenters. The predicted octanol–water partition coefficient (Wildman–Crippen LogP) is 2.87. The van der Waals surface area contributed by atoms with Crippen molar-refractivity contribution >= 4 is 33.3 Å². The Kier molecular flexibility index (Phi) is 3.05. The predicted molar refractivity (Wildman–Crippen MR) is 68.6 cm³/mol. The van der Waals surface area contributed by atoms with Crippen molar-refractivity contribution in [2.24, 2.45) is 0 Å². The highest BCUT2D eigenvalue weighted by atomic mass is 79.9. The molecule has 16 heavy (non-hydrogen) atoms. The van der Waals surface area contributed by atoms with E-state index in [4.69, 9.17) is 5.73 Å². The highest BCUT2D eigenvalue weighted by Gasteiger charge is 1.99. The van der Waals surface area contributed by atoms with Gasteiger partial charge in [-0.2, -0.15) is 0 Å². The highest BCUT2D eigenvalue weighted by molar-refractivity contribution is 9.10. The van der Waals surface area contributed by atoms with E-state index in [1.165, 1.54) is 11.8 Å². The number of aromatic nitrogens is 2. The number of hydrogen-bond acceptors (Lipinski definition) is 4. The van der Waals surface area contributed by atoms with E-state index in [1.54, 1.807) is 6.20 Å². The first-order chi connectivity index (χ1) is 7.65. The van der Waals surface area contributed by atoms with Crippen LogP contribution in [0.1, 0.15) is 5.56 Å². The number of benzene rings is 1. The summed E-state index contributed by atoms with van der Waals surface area (Å²) in [6.45, 7) is 2.04. The lowest BCUT2D eigenvalue weighted by atomic mass is 10.2. The monoisotopic (exact) mass is 278 g/mol. The van der Waals surface area contributed by atoms with Gasteiger partial charge in [-0.3, -0.25) is 0 Å². The second-order valence-electron chi connectivity index (χ2n) is 3.42. The van der Waals surface area contributed by atoms with Crippen molar-refractivity contribution in [3.63, 3.8) is 0 Å². The van der Waals surface area contributed by atoms with E-state index < -0.39 is 0 Å². The first-order valence-corrected chi connectivity index (χ1v) is 5.55. The molecule has 0 aliphatic rings. The Morgan fingerprint density at radius 1 is 1.25 bits per heavy atom. The number of nitrogen functional groups attached to an aromatic ring is 1. The van der Waals surface area contributed by atoms with Gasteiger partial charge < -0.3 is 11.1 Å². The number of halogens is 1. The number of nitrogens with zero attached hydrogens (tertiary/aromatic N) is 2. The van der Waals surface area contributed by atoms with Crippen LogP contribution in [-0.4, -0.2) is 9.97 Å². The summed E-state index contributed by atoms with van der Waals surface area (Å²) in [5, 5.41) is 3.14. The SMILES string of the molecule is Cc1ccc(Nc2cnc(N)cn2)cc1Br. The quantitative estimate of drug-likeness (QED) is 0.887. The fourth-order valence-electron chi connectivity index (χ4n) is 1.22. The Morgan fingerprint density at radius 2 is 2.06 bits per heavy atom. The molecule has 1 heterocycles. The van der Waals surface area contributed by atoms with Crippen LogP contribution in [0, 0.1) is 6.92 Å². The second-order valence-corrected chi connectivity index (χ2v) is 4.27. The first kappa shape index (κ1) is 10.9. The summed E-state index contributed by atoms with van der Waals surface area (Å²) in [5.74, 6) is 1.08. The molecule has 0 spiro atoms. The van der Waals surface area contributed by atoms with Gasteiger partial charge in [-0.25, -0.2) is 9.97 Å². The van der Waals surface area contributed by atoms with E-state index in [9.17, 15) is 0 Å². The van der Waals surface area contributed by atoms with Crippen LogP contribution in [0.2, 0.25) is 0 Å². The molecule has 1 aromatic carbocycles. The molecule has 0 aliphatic carbocycles. The average Bonchev–Trinajstić information content (AvgIpc) is 2.27. The lowest BCUT2D eigenvalue weighted by Crippen LogP contribution is -1.97. The molecule has 0 radical (unpaired) electrons. The lowest BCUT2D eigenvalue weighted by Gasteiger charge is -2.06. The summed E-state index contributed by atoms with van der Waals surface area (Å²) in [4.78, 5) is 8.07. The molecule has 82 valence electrons. The third kappa shape index (κ3) is 2.49. The summed E-state index contributed by atoms with van der Waals surface area (Å²) in [5.41, 5.74) is 7.60. The lowest BCUT2D eigenvalue weighted by molar-refractivity contribution is 1.21. The van der Waals surface area contributed by atoms with Gasteiger partial charge in [-0.1, -0.05) is 22.0 Å². The van der Waals surface area contributed by atoms with E-state index in [0.29, 0.717) is 11.6 Å². The molecule has 5 heteroatoms. The number of nitrogens with two attached hydrogens (primary N) is 1. The Hall–Kier alpha value is -1.62. The topological polar surface area (TPSA) is 63.8 Å². The van der Waals surface area contributed by atoms with Crippen molar-refractivity contribution < 1.29 is 0 Å². The van der Waals surface area contributed by atoms with Crippen LogP contribution in [0.5, 0.6) is 0 Å². The number of aryl methyl sites for hydroxylation is 1. The minimum atomic E-state index is 0.413. The van der Waals surface area contributed by atoms with Crippen molar-refractivity contribution in [2.45, 2.75) is 6.92 Å². The van der Waals surface area contributed by atoms with Gasteiger partial charge in [0.2, 0.25) is 0 Å². The zero-order chi connectivity index (χ0) is 11.5. The van der Waals surface area contributed by atoms with Gasteiger partial charge in [0.15, 0.2) is 0 Å². The van der Waals surface area contributed by atoms with E-state index in [-0.39, 0.29) is 0 Å². The third-order valence-corrected chi connectivity index (χ3v) is 2.97. The van der Waals surface area contributed by atoms with Crippen molar-refractivity contribution in [2.75, 3.05) is 11.1 Å². The summed E-state index contributed by atoms with van der Waals surface area (Å²) in [6.07, 6.45) is 3.12. The van der Waals surface area contributed by atoms with Gasteiger partial charge in [-0.15, -0.1) is 0 Å². The molecule has 0 fully saturated rings. The maximum absolute atomic E-state index is 5.46. The van der Waals surface area contributed by atoms with Gasteiger partial charge in [-0.05, 0) is 24.6 Å². The fraction of sp³-hybridized carbons (Fsp3) is 0.0909. The largest absolute Gasteiger partial charge is 0.382 e. The molecule has 4 nitrogen and oxygen atoms in total. The number of hydrogen-bond donors (Lipinski definition) is 2. The van der Waals surface area contributed by atoms with Crippen LogP contribution in [0.15, 0.2) is 35.1 Å². The van der Waals surface area contributed by atoms with Gasteiger partial charge in [0.05, 0.1) is 12.4 Å². The third-order valence-electron chi connectivity index (χ3n) is 2.12. The first-order valence-electron chi connectivity index (χ1n) is 4.76. The summed E-state index contributed by atoms with van der Waals surface area (Å²) >= 11 is 3.47. The van der Waals surface area contributed by atoms with Crippen LogP contribution in [-0.2, 0) is 0 Å². The minimum absolute atomic E-state index is 0.413. The van der Waals surface area contributed by atoms with Crippen molar-refractivity contribution in [3.05, 3.63) is 40.6 Å². The molecule has 0 amide bonds. The summed E-state index contributed by atoms with van der Waals surface area (Å²) in [6, 6.07) is 6.00. The molecular weight excluding hydrogens is 268 g/mol. The van der Waals surface area contributed by atoms with Gasteiger partial charge in [0.25, 0.3) is 0 Å². The van der Waals surface area contributed by atoms with E-state index in [1.807, 2.05) is 25.1 Å². The Balaban J connectivity index is 2.20. The molecule has 0 aliphatic heterocycles. The second kappa shape index (κ2) is 4.49. The van der Waals surface area contributed by atoms with Gasteiger partial charge >= 0.3 is 0 Å². The Labute approximate surface area is 102 Å². The zero-order valence-electron chi connectivity index (χ0n) is 8.74. The van der Waals surface area contributed by atoms with Crippen LogP contribution < -0.4 is 11.1 Å². The Morgan fingerprint density at radius 3 is 2.69 bits per heavy atom. The van der Waals surface area contributed by atoms with E-state index in [0.717, 1.165) is 10.2 Å². The van der Waals surface area contributed by atoms with Crippen LogP contribution >= 0.6 is 15.9 Å². The molecule has 2 aromatic rings. The molecule has 0 atom stereocenters. The van der Waals surface area contributed by atoms with Crippen molar-refractivity contribution in [3.8, 4) is 0 Å². The van der Waals surface area contributed by atoms with Crippen LogP contribution in [0.4, 0.5) is 17.3 Å².